The third-order valence-corrected chi connectivity index (χ3v) is 6.52. The van der Waals surface area contributed by atoms with Crippen LogP contribution < -0.4 is 5.32 Å². The van der Waals surface area contributed by atoms with Crippen LogP contribution >= 0.6 is 0 Å². The molecule has 3 fully saturated rings. The molecule has 1 aromatic carbocycles. The van der Waals surface area contributed by atoms with Crippen LogP contribution in [0, 0.1) is 0 Å². The van der Waals surface area contributed by atoms with Gasteiger partial charge < -0.3 is 19.7 Å². The number of urea groups is 1. The van der Waals surface area contributed by atoms with E-state index in [1.165, 1.54) is 5.56 Å². The van der Waals surface area contributed by atoms with Crippen molar-refractivity contribution < 1.29 is 14.3 Å². The fraction of sp³-hybridized carbons (Fsp3) is 0.682. The lowest BCUT2D eigenvalue weighted by Gasteiger charge is -2.49. The second-order valence-electron chi connectivity index (χ2n) is 8.28. The van der Waals surface area contributed by atoms with Crippen molar-refractivity contribution in [1.82, 2.24) is 15.1 Å². The number of nitrogens with zero attached hydrogens (tertiary/aromatic N) is 2. The van der Waals surface area contributed by atoms with Gasteiger partial charge in [0, 0.05) is 45.4 Å². The molecule has 3 aliphatic heterocycles. The number of nitrogens with one attached hydrogen (secondary N) is 1. The maximum Gasteiger partial charge on any atom is 0.317 e. The van der Waals surface area contributed by atoms with Crippen LogP contribution in [0.5, 0.6) is 0 Å². The zero-order valence-corrected chi connectivity index (χ0v) is 16.8. The van der Waals surface area contributed by atoms with Crippen LogP contribution in [0.15, 0.2) is 30.3 Å². The Morgan fingerprint density at radius 3 is 2.57 bits per heavy atom. The standard InChI is InChI=1S/C22H33N3O3/c26-21(23-10-6-19-4-2-1-3-5-19)25-11-8-22(9-12-25)18-20(7-15-28-22)24-13-16-27-17-14-24/h1-5,20H,6-18H2,(H,23,26). The van der Waals surface area contributed by atoms with Gasteiger partial charge in [-0.3, -0.25) is 4.90 Å². The van der Waals surface area contributed by atoms with E-state index in [1.54, 1.807) is 0 Å². The summed E-state index contributed by atoms with van der Waals surface area (Å²) in [4.78, 5) is 17.1. The number of benzene rings is 1. The van der Waals surface area contributed by atoms with Crippen LogP contribution in [-0.2, 0) is 15.9 Å². The van der Waals surface area contributed by atoms with E-state index in [4.69, 9.17) is 9.47 Å². The molecule has 0 bridgehead atoms. The minimum Gasteiger partial charge on any atom is -0.379 e. The van der Waals surface area contributed by atoms with Crippen LogP contribution in [-0.4, -0.2) is 80.0 Å². The Hall–Kier alpha value is -1.63. The maximum absolute atomic E-state index is 12.5. The second kappa shape index (κ2) is 9.25. The van der Waals surface area contributed by atoms with Crippen LogP contribution in [0.25, 0.3) is 0 Å². The maximum atomic E-state index is 12.5. The summed E-state index contributed by atoms with van der Waals surface area (Å²) in [5, 5.41) is 3.08. The van der Waals surface area contributed by atoms with E-state index in [-0.39, 0.29) is 11.6 Å². The van der Waals surface area contributed by atoms with Crippen LogP contribution in [0.3, 0.4) is 0 Å². The normalized spacial score (nSPS) is 25.6. The van der Waals surface area contributed by atoms with E-state index >= 15 is 0 Å². The van der Waals surface area contributed by atoms with Crippen molar-refractivity contribution in [3.05, 3.63) is 35.9 Å². The van der Waals surface area contributed by atoms with Gasteiger partial charge in [-0.25, -0.2) is 4.79 Å². The van der Waals surface area contributed by atoms with Gasteiger partial charge in [-0.1, -0.05) is 30.3 Å². The fourth-order valence-corrected chi connectivity index (χ4v) is 4.79. The van der Waals surface area contributed by atoms with Crippen molar-refractivity contribution in [2.24, 2.45) is 0 Å². The molecule has 6 heteroatoms. The van der Waals surface area contributed by atoms with Gasteiger partial charge >= 0.3 is 6.03 Å². The summed E-state index contributed by atoms with van der Waals surface area (Å²) in [5.74, 6) is 0. The van der Waals surface area contributed by atoms with E-state index < -0.39 is 0 Å². The van der Waals surface area contributed by atoms with Crippen molar-refractivity contribution in [1.29, 1.82) is 0 Å². The molecule has 2 amide bonds. The third-order valence-electron chi connectivity index (χ3n) is 6.52. The molecule has 0 radical (unpaired) electrons. The summed E-state index contributed by atoms with van der Waals surface area (Å²) >= 11 is 0. The molecule has 4 rings (SSSR count). The topological polar surface area (TPSA) is 54.0 Å². The Balaban J connectivity index is 1.22. The number of amides is 2. The molecule has 1 atom stereocenters. The highest BCUT2D eigenvalue weighted by atomic mass is 16.5. The summed E-state index contributed by atoms with van der Waals surface area (Å²) < 4.78 is 11.8. The summed E-state index contributed by atoms with van der Waals surface area (Å²) in [6.45, 7) is 6.86. The number of hydrogen-bond donors (Lipinski definition) is 1. The molecule has 6 nitrogen and oxygen atoms in total. The first-order chi connectivity index (χ1) is 13.7. The number of rotatable bonds is 4. The highest BCUT2D eigenvalue weighted by molar-refractivity contribution is 5.74. The fourth-order valence-electron chi connectivity index (χ4n) is 4.79. The molecular weight excluding hydrogens is 354 g/mol. The van der Waals surface area contributed by atoms with Gasteiger partial charge in [0.2, 0.25) is 0 Å². The van der Waals surface area contributed by atoms with E-state index in [1.807, 2.05) is 23.1 Å². The third kappa shape index (κ3) is 4.85. The highest BCUT2D eigenvalue weighted by Gasteiger charge is 2.42. The average molecular weight is 388 g/mol. The number of carbonyl (C=O) groups excluding carboxylic acids is 1. The predicted octanol–water partition coefficient (Wildman–Crippen LogP) is 2.28. The van der Waals surface area contributed by atoms with Crippen LogP contribution in [0.4, 0.5) is 4.79 Å². The van der Waals surface area contributed by atoms with Crippen molar-refractivity contribution in [3.8, 4) is 0 Å². The first-order valence-electron chi connectivity index (χ1n) is 10.8. The molecule has 3 heterocycles. The largest absolute Gasteiger partial charge is 0.379 e. The van der Waals surface area contributed by atoms with Crippen molar-refractivity contribution in [3.63, 3.8) is 0 Å². The van der Waals surface area contributed by atoms with Gasteiger partial charge in [-0.15, -0.1) is 0 Å². The van der Waals surface area contributed by atoms with Crippen molar-refractivity contribution in [2.45, 2.75) is 43.7 Å². The molecule has 3 aliphatic rings. The smallest absolute Gasteiger partial charge is 0.317 e. The molecule has 0 aliphatic carbocycles. The monoisotopic (exact) mass is 387 g/mol. The summed E-state index contributed by atoms with van der Waals surface area (Å²) in [7, 11) is 0. The summed E-state index contributed by atoms with van der Waals surface area (Å²) in [5.41, 5.74) is 1.22. The minimum absolute atomic E-state index is 0.0396. The Kier molecular flexibility index (Phi) is 6.50. The predicted molar refractivity (Wildman–Crippen MR) is 108 cm³/mol. The van der Waals surface area contributed by atoms with Gasteiger partial charge in [-0.05, 0) is 37.7 Å². The molecule has 28 heavy (non-hydrogen) atoms. The number of piperidine rings is 1. The van der Waals surface area contributed by atoms with Crippen LogP contribution in [0.2, 0.25) is 0 Å². The van der Waals surface area contributed by atoms with Crippen LogP contribution in [0.1, 0.15) is 31.2 Å². The zero-order chi connectivity index (χ0) is 19.2. The van der Waals surface area contributed by atoms with E-state index in [0.29, 0.717) is 12.6 Å². The molecule has 0 aromatic heterocycles. The SMILES string of the molecule is O=C(NCCc1ccccc1)N1CCC2(CC1)CC(N1CCOCC1)CCO2. The van der Waals surface area contributed by atoms with Gasteiger partial charge in [0.1, 0.15) is 0 Å². The Morgan fingerprint density at radius 2 is 1.82 bits per heavy atom. The lowest BCUT2D eigenvalue weighted by atomic mass is 9.82. The highest BCUT2D eigenvalue weighted by Crippen LogP contribution is 2.36. The molecular formula is C22H33N3O3. The molecule has 3 saturated heterocycles. The van der Waals surface area contributed by atoms with Crippen molar-refractivity contribution in [2.75, 3.05) is 52.5 Å². The summed E-state index contributed by atoms with van der Waals surface area (Å²) in [6, 6.07) is 11.0. The second-order valence-corrected chi connectivity index (χ2v) is 8.28. The molecule has 1 spiro atoms. The Morgan fingerprint density at radius 1 is 1.07 bits per heavy atom. The van der Waals surface area contributed by atoms with E-state index in [2.05, 4.69) is 22.3 Å². The number of morpholine rings is 1. The molecule has 0 saturated carbocycles. The minimum atomic E-state index is -0.0396. The van der Waals surface area contributed by atoms with Gasteiger partial charge in [-0.2, -0.15) is 0 Å². The van der Waals surface area contributed by atoms with Gasteiger partial charge in [0.15, 0.2) is 0 Å². The Labute approximate surface area is 168 Å². The first-order valence-corrected chi connectivity index (χ1v) is 10.8. The van der Waals surface area contributed by atoms with Crippen molar-refractivity contribution >= 4 is 6.03 Å². The first kappa shape index (κ1) is 19.7. The van der Waals surface area contributed by atoms with E-state index in [9.17, 15) is 4.79 Å². The zero-order valence-electron chi connectivity index (χ0n) is 16.8. The number of carbonyl (C=O) groups is 1. The van der Waals surface area contributed by atoms with Gasteiger partial charge in [0.05, 0.1) is 18.8 Å². The van der Waals surface area contributed by atoms with E-state index in [0.717, 1.165) is 78.1 Å². The number of ether oxygens (including phenoxy) is 2. The molecule has 1 unspecified atom stereocenters. The lowest BCUT2D eigenvalue weighted by Crippen LogP contribution is -2.56. The molecule has 1 aromatic rings. The number of likely N-dealkylation sites (tertiary alicyclic amines) is 1. The lowest BCUT2D eigenvalue weighted by molar-refractivity contribution is -0.135. The van der Waals surface area contributed by atoms with Gasteiger partial charge in [0.25, 0.3) is 0 Å². The Bertz CT molecular complexity index is 625. The average Bonchev–Trinajstić information content (AvgIpc) is 2.76. The number of hydrogen-bond acceptors (Lipinski definition) is 4. The molecule has 1 N–H and O–H groups in total. The quantitative estimate of drug-likeness (QED) is 0.861. The summed E-state index contributed by atoms with van der Waals surface area (Å²) in [6.07, 6.45) is 4.97. The molecule has 154 valence electrons.